The number of halogens is 6. The zero-order valence-electron chi connectivity index (χ0n) is 29.5. The normalized spacial score (nSPS) is 16.6. The molecule has 8 nitrogen and oxygen atoms in total. The number of nitrogens with one attached hydrogen (secondary N) is 2. The summed E-state index contributed by atoms with van der Waals surface area (Å²) in [5, 5.41) is 15.9. The number of hydrogen-bond donors (Lipinski definition) is 3. The van der Waals surface area contributed by atoms with Crippen LogP contribution in [-0.4, -0.2) is 59.5 Å². The van der Waals surface area contributed by atoms with Crippen molar-refractivity contribution in [2.24, 2.45) is 11.8 Å². The molecule has 2 amide bonds. The molecule has 0 saturated carbocycles. The summed E-state index contributed by atoms with van der Waals surface area (Å²) in [5.41, 5.74) is 1.71. The monoisotopic (exact) mass is 777 g/mol. The van der Waals surface area contributed by atoms with Crippen LogP contribution in [0.25, 0.3) is 5.57 Å². The lowest BCUT2D eigenvalue weighted by Crippen LogP contribution is -2.29. The highest BCUT2D eigenvalue weighted by Crippen LogP contribution is 2.40. The van der Waals surface area contributed by atoms with Crippen LogP contribution in [0.5, 0.6) is 0 Å². The van der Waals surface area contributed by atoms with Crippen LogP contribution in [0.2, 0.25) is 0 Å². The largest absolute Gasteiger partial charge is 0.870 e. The number of hydrogen-bond acceptors (Lipinski definition) is 8. The average Bonchev–Trinajstić information content (AvgIpc) is 3.04. The van der Waals surface area contributed by atoms with Crippen LogP contribution in [0, 0.1) is 11.8 Å². The molecule has 1 atom stereocenters. The Hall–Kier alpha value is -3.60. The predicted molar refractivity (Wildman–Crippen MR) is 193 cm³/mol. The maximum atomic E-state index is 13.1. The van der Waals surface area contributed by atoms with E-state index in [1.165, 1.54) is 0 Å². The summed E-state index contributed by atoms with van der Waals surface area (Å²) in [7, 11) is 0. The van der Waals surface area contributed by atoms with Crippen LogP contribution in [-0.2, 0) is 24.7 Å². The lowest BCUT2D eigenvalue weighted by atomic mass is 9.86. The molecule has 52 heavy (non-hydrogen) atoms. The van der Waals surface area contributed by atoms with Gasteiger partial charge in [-0.2, -0.15) is 26.3 Å². The van der Waals surface area contributed by atoms with Crippen LogP contribution in [0.1, 0.15) is 59.1 Å². The fourth-order valence-corrected chi connectivity index (χ4v) is 7.16. The second-order valence-corrected chi connectivity index (χ2v) is 14.9. The van der Waals surface area contributed by atoms with E-state index in [1.807, 2.05) is 52.8 Å². The van der Waals surface area contributed by atoms with Crippen LogP contribution in [0.4, 0.5) is 37.7 Å². The molecular weight excluding hydrogens is 735 g/mol. The van der Waals surface area contributed by atoms with Crippen molar-refractivity contribution < 1.29 is 56.0 Å². The molecular formula is C36H43F6N2O6S2-. The molecule has 0 bridgehead atoms. The van der Waals surface area contributed by atoms with Crippen LogP contribution < -0.4 is 10.6 Å². The van der Waals surface area contributed by atoms with E-state index in [0.717, 1.165) is 34.7 Å². The molecule has 0 radical (unpaired) electrons. The van der Waals surface area contributed by atoms with Crippen molar-refractivity contribution >= 4 is 52.3 Å². The Morgan fingerprint density at radius 3 is 1.71 bits per heavy atom. The third kappa shape index (κ3) is 12.5. The molecule has 0 saturated heterocycles. The van der Waals surface area contributed by atoms with E-state index in [-0.39, 0.29) is 36.0 Å². The second kappa shape index (κ2) is 18.9. The van der Waals surface area contributed by atoms with E-state index >= 15 is 0 Å². The van der Waals surface area contributed by atoms with Crippen molar-refractivity contribution in [1.82, 2.24) is 0 Å². The summed E-state index contributed by atoms with van der Waals surface area (Å²) in [6, 6.07) is 13.6. The van der Waals surface area contributed by atoms with Gasteiger partial charge in [-0.3, -0.25) is 9.59 Å². The van der Waals surface area contributed by atoms with E-state index in [2.05, 4.69) is 15.4 Å². The molecule has 0 spiro atoms. The molecule has 1 unspecified atom stereocenters. The number of amides is 2. The standard InChI is InChI=1S/C18H22F3NO3S.C18H20F3NO2S.H2O/c1-11(2)10-17(3,24)12-6-4-5-7-13(12)22-16(23)14-15(18(19,20)21)25-8-9-26-14;1-11(2)10-12(3)13-6-4-5-7-14(13)22-17(23)15-16(18(19,20)21)24-8-9-25-15;/h4-7,11,24H,8-10H2,1-3H3,(H,22,23);4-7,10-11H,8-9H2,1-3H3,(H,22,23);1H2/p-1. The summed E-state index contributed by atoms with van der Waals surface area (Å²) in [4.78, 5) is 24.0. The van der Waals surface area contributed by atoms with Gasteiger partial charge in [0, 0.05) is 34.0 Å². The van der Waals surface area contributed by atoms with E-state index in [1.54, 1.807) is 43.3 Å². The van der Waals surface area contributed by atoms with Gasteiger partial charge in [-0.25, -0.2) is 0 Å². The van der Waals surface area contributed by atoms with Gasteiger partial charge in [0.1, 0.15) is 9.81 Å². The van der Waals surface area contributed by atoms with E-state index in [0.29, 0.717) is 29.3 Å². The molecule has 0 aliphatic carbocycles. The van der Waals surface area contributed by atoms with Gasteiger partial charge < -0.3 is 30.7 Å². The first kappa shape index (κ1) is 44.6. The number of benzene rings is 2. The molecule has 4 N–H and O–H groups in total. The van der Waals surface area contributed by atoms with Crippen LogP contribution in [0.3, 0.4) is 0 Å². The van der Waals surface area contributed by atoms with Crippen molar-refractivity contribution in [2.75, 3.05) is 35.4 Å². The lowest BCUT2D eigenvalue weighted by molar-refractivity contribution is -0.133. The number of aliphatic hydroxyl groups is 1. The Labute approximate surface area is 307 Å². The summed E-state index contributed by atoms with van der Waals surface area (Å²) >= 11 is 1.67. The molecule has 0 aromatic heterocycles. The number of alkyl halides is 6. The molecule has 16 heteroatoms. The predicted octanol–water partition coefficient (Wildman–Crippen LogP) is 9.46. The third-order valence-electron chi connectivity index (χ3n) is 7.24. The van der Waals surface area contributed by atoms with Gasteiger partial charge in [0.25, 0.3) is 11.8 Å². The van der Waals surface area contributed by atoms with Gasteiger partial charge >= 0.3 is 12.4 Å². The Bertz CT molecular complexity index is 1650. The summed E-state index contributed by atoms with van der Waals surface area (Å²) in [6.07, 6.45) is -6.95. The van der Waals surface area contributed by atoms with Gasteiger partial charge in [0.15, 0.2) is 0 Å². The summed E-state index contributed by atoms with van der Waals surface area (Å²) in [5.74, 6) is -3.12. The molecule has 288 valence electrons. The van der Waals surface area contributed by atoms with E-state index in [4.69, 9.17) is 4.74 Å². The minimum atomic E-state index is -4.73. The molecule has 0 fully saturated rings. The van der Waals surface area contributed by atoms with Gasteiger partial charge in [-0.1, -0.05) is 70.2 Å². The summed E-state index contributed by atoms with van der Waals surface area (Å²) < 4.78 is 87.8. The quantitative estimate of drug-likeness (QED) is 0.215. The number of carbonyl (C=O) groups excluding carboxylic acids is 2. The summed E-state index contributed by atoms with van der Waals surface area (Å²) in [6.45, 7) is 11.3. The Morgan fingerprint density at radius 1 is 0.808 bits per heavy atom. The zero-order valence-corrected chi connectivity index (χ0v) is 31.1. The van der Waals surface area contributed by atoms with E-state index < -0.39 is 51.1 Å². The fraction of sp³-hybridized carbons (Fsp3) is 0.444. The molecule has 2 aromatic rings. The highest BCUT2D eigenvalue weighted by atomic mass is 32.2. The van der Waals surface area contributed by atoms with Gasteiger partial charge in [0.05, 0.1) is 18.8 Å². The number of ether oxygens (including phenoxy) is 2. The number of anilines is 2. The molecule has 2 aromatic carbocycles. The second-order valence-electron chi connectivity index (χ2n) is 12.7. The van der Waals surface area contributed by atoms with Gasteiger partial charge in [0.2, 0.25) is 11.5 Å². The smallest absolute Gasteiger partial charge is 0.450 e. The van der Waals surface area contributed by atoms with Crippen molar-refractivity contribution in [3.63, 3.8) is 0 Å². The number of rotatable bonds is 9. The highest BCUT2D eigenvalue weighted by molar-refractivity contribution is 8.04. The molecule has 2 aliphatic rings. The topological polar surface area (TPSA) is 127 Å². The third-order valence-corrected chi connectivity index (χ3v) is 9.30. The van der Waals surface area contributed by atoms with Gasteiger partial charge in [-0.05, 0) is 49.8 Å². The van der Waals surface area contributed by atoms with Crippen molar-refractivity contribution in [3.05, 3.63) is 87.1 Å². The molecule has 2 aliphatic heterocycles. The first-order valence-corrected chi connectivity index (χ1v) is 18.1. The Balaban J connectivity index is 0.000000354. The Kier molecular flexibility index (Phi) is 16.2. The van der Waals surface area contributed by atoms with Crippen molar-refractivity contribution in [3.8, 4) is 0 Å². The van der Waals surface area contributed by atoms with Gasteiger partial charge in [-0.15, -0.1) is 23.5 Å². The number of thioether (sulfide) groups is 2. The van der Waals surface area contributed by atoms with Crippen LogP contribution in [0.15, 0.2) is 75.9 Å². The van der Waals surface area contributed by atoms with Crippen molar-refractivity contribution in [2.45, 2.75) is 65.9 Å². The maximum absolute atomic E-state index is 13.1. The van der Waals surface area contributed by atoms with Crippen LogP contribution >= 0.6 is 23.5 Å². The van der Waals surface area contributed by atoms with E-state index in [9.17, 15) is 41.0 Å². The average molecular weight is 778 g/mol. The minimum Gasteiger partial charge on any atom is -0.870 e. The molecule has 4 rings (SSSR count). The first-order chi connectivity index (χ1) is 23.7. The lowest BCUT2D eigenvalue weighted by Gasteiger charge is -2.28. The number of para-hydroxylation sites is 2. The Morgan fingerprint density at radius 2 is 1.25 bits per heavy atom. The molecule has 2 heterocycles. The zero-order chi connectivity index (χ0) is 38.1. The van der Waals surface area contributed by atoms with Crippen molar-refractivity contribution in [1.29, 1.82) is 0 Å². The highest BCUT2D eigenvalue weighted by Gasteiger charge is 2.43. The first-order valence-electron chi connectivity index (χ1n) is 16.1. The fourth-order valence-electron chi connectivity index (χ4n) is 5.45. The number of carbonyl (C=O) groups is 2. The number of allylic oxidation sites excluding steroid dienone is 4. The SMILES string of the molecule is CC(=CC(C)C)c1ccccc1NC(=O)C1=C(C(F)(F)F)OCCS1.CC(C)CC(C)(O)c1ccccc1NC(=O)C1=C(C(F)(F)F)OCCS1.[OH-]. The minimum absolute atomic E-state index is 0. The maximum Gasteiger partial charge on any atom is 0.450 e.